The molecule has 8 heteroatoms. The number of rotatable bonds is 4. The van der Waals surface area contributed by atoms with E-state index in [-0.39, 0.29) is 5.91 Å². The lowest BCUT2D eigenvalue weighted by atomic mass is 10.2. The van der Waals surface area contributed by atoms with E-state index in [2.05, 4.69) is 14.9 Å². The van der Waals surface area contributed by atoms with Crippen molar-refractivity contribution in [1.82, 2.24) is 14.9 Å². The van der Waals surface area contributed by atoms with E-state index in [4.69, 9.17) is 23.2 Å². The minimum absolute atomic E-state index is 0.0970. The maximum atomic E-state index is 12.7. The number of hydrogen-bond donors (Lipinski definition) is 0. The summed E-state index contributed by atoms with van der Waals surface area (Å²) in [5.41, 5.74) is 1.68. The molecule has 4 rings (SSSR count). The molecule has 0 bridgehead atoms. The lowest BCUT2D eigenvalue weighted by molar-refractivity contribution is -0.130. The number of carbonyl (C=O) groups is 1. The maximum Gasteiger partial charge on any atom is 0.228 e. The van der Waals surface area contributed by atoms with Gasteiger partial charge in [-0.05, 0) is 18.2 Å². The van der Waals surface area contributed by atoms with Crippen molar-refractivity contribution in [3.8, 4) is 10.6 Å². The Morgan fingerprint density at radius 1 is 1.07 bits per heavy atom. The Morgan fingerprint density at radius 3 is 2.57 bits per heavy atom. The second-order valence-corrected chi connectivity index (χ2v) is 8.20. The molecule has 0 atom stereocenters. The summed E-state index contributed by atoms with van der Waals surface area (Å²) in [6, 6.07) is 11.4. The topological polar surface area (TPSA) is 49.3 Å². The van der Waals surface area contributed by atoms with E-state index in [9.17, 15) is 4.79 Å². The SMILES string of the molecule is O=C(Cc1csc(-c2ccccc2Cl)n1)N1CCN(c2ccc(Cl)cn2)CC1. The summed E-state index contributed by atoms with van der Waals surface area (Å²) in [6.45, 7) is 2.85. The molecule has 0 radical (unpaired) electrons. The summed E-state index contributed by atoms with van der Waals surface area (Å²) in [5, 5.41) is 4.07. The fraction of sp³-hybridized carbons (Fsp3) is 0.250. The van der Waals surface area contributed by atoms with Crippen LogP contribution in [-0.4, -0.2) is 47.0 Å². The first-order chi connectivity index (χ1) is 13.6. The van der Waals surface area contributed by atoms with Gasteiger partial charge in [-0.15, -0.1) is 11.3 Å². The highest BCUT2D eigenvalue weighted by molar-refractivity contribution is 7.13. The van der Waals surface area contributed by atoms with Gasteiger partial charge in [0.25, 0.3) is 0 Å². The van der Waals surface area contributed by atoms with Crippen molar-refractivity contribution in [2.75, 3.05) is 31.1 Å². The van der Waals surface area contributed by atoms with Crippen molar-refractivity contribution < 1.29 is 4.79 Å². The first kappa shape index (κ1) is 19.2. The number of hydrogen-bond acceptors (Lipinski definition) is 5. The fourth-order valence-corrected chi connectivity index (χ4v) is 4.40. The summed E-state index contributed by atoms with van der Waals surface area (Å²) in [5.74, 6) is 0.986. The lowest BCUT2D eigenvalue weighted by Crippen LogP contribution is -2.49. The van der Waals surface area contributed by atoms with Gasteiger partial charge >= 0.3 is 0 Å². The van der Waals surface area contributed by atoms with Crippen LogP contribution in [0.25, 0.3) is 10.6 Å². The van der Waals surface area contributed by atoms with Crippen LogP contribution in [0.4, 0.5) is 5.82 Å². The molecule has 1 fully saturated rings. The normalized spacial score (nSPS) is 14.4. The zero-order valence-corrected chi connectivity index (χ0v) is 17.3. The minimum Gasteiger partial charge on any atom is -0.353 e. The highest BCUT2D eigenvalue weighted by atomic mass is 35.5. The number of thiazole rings is 1. The van der Waals surface area contributed by atoms with Crippen LogP contribution in [0, 0.1) is 0 Å². The molecule has 2 aromatic heterocycles. The van der Waals surface area contributed by atoms with Gasteiger partial charge in [-0.3, -0.25) is 4.79 Å². The van der Waals surface area contributed by atoms with E-state index in [0.29, 0.717) is 29.6 Å². The summed E-state index contributed by atoms with van der Waals surface area (Å²) >= 11 is 13.6. The van der Waals surface area contributed by atoms with Crippen molar-refractivity contribution in [2.45, 2.75) is 6.42 Å². The quantitative estimate of drug-likeness (QED) is 0.612. The van der Waals surface area contributed by atoms with E-state index in [1.54, 1.807) is 6.20 Å². The van der Waals surface area contributed by atoms with Gasteiger partial charge in [-0.25, -0.2) is 9.97 Å². The molecule has 0 unspecified atom stereocenters. The van der Waals surface area contributed by atoms with Crippen molar-refractivity contribution in [3.63, 3.8) is 0 Å². The zero-order valence-electron chi connectivity index (χ0n) is 15.0. The number of benzene rings is 1. The summed E-state index contributed by atoms with van der Waals surface area (Å²) in [6.07, 6.45) is 1.95. The van der Waals surface area contributed by atoms with E-state index >= 15 is 0 Å². The molecule has 1 amide bonds. The lowest BCUT2D eigenvalue weighted by Gasteiger charge is -2.35. The van der Waals surface area contributed by atoms with Crippen LogP contribution >= 0.6 is 34.5 Å². The molecule has 3 aromatic rings. The number of nitrogens with zero attached hydrogens (tertiary/aromatic N) is 4. The van der Waals surface area contributed by atoms with Crippen LogP contribution < -0.4 is 4.90 Å². The number of aromatic nitrogens is 2. The largest absolute Gasteiger partial charge is 0.353 e. The molecule has 0 saturated carbocycles. The third-order valence-corrected chi connectivity index (χ3v) is 6.13. The van der Waals surface area contributed by atoms with Gasteiger partial charge in [0.2, 0.25) is 5.91 Å². The van der Waals surface area contributed by atoms with E-state index in [1.807, 2.05) is 46.7 Å². The Hall–Kier alpha value is -2.15. The maximum absolute atomic E-state index is 12.7. The van der Waals surface area contributed by atoms with Crippen LogP contribution in [0.15, 0.2) is 48.0 Å². The molecule has 1 aromatic carbocycles. The molecule has 1 aliphatic heterocycles. The highest BCUT2D eigenvalue weighted by Gasteiger charge is 2.22. The first-order valence-electron chi connectivity index (χ1n) is 8.94. The van der Waals surface area contributed by atoms with Crippen molar-refractivity contribution >= 4 is 46.3 Å². The van der Waals surface area contributed by atoms with Crippen LogP contribution in [-0.2, 0) is 11.2 Å². The van der Waals surface area contributed by atoms with E-state index < -0.39 is 0 Å². The molecule has 0 aliphatic carbocycles. The summed E-state index contributed by atoms with van der Waals surface area (Å²) in [4.78, 5) is 25.7. The average Bonchev–Trinajstić information content (AvgIpc) is 3.17. The van der Waals surface area contributed by atoms with E-state index in [0.717, 1.165) is 35.2 Å². The zero-order chi connectivity index (χ0) is 19.5. The smallest absolute Gasteiger partial charge is 0.228 e. The standard InChI is InChI=1S/C20H18Cl2N4OS/c21-14-5-6-18(23-12-14)25-7-9-26(10-8-25)19(27)11-15-13-28-20(24-15)16-3-1-2-4-17(16)22/h1-6,12-13H,7-11H2. The summed E-state index contributed by atoms with van der Waals surface area (Å²) < 4.78 is 0. The predicted molar refractivity (Wildman–Crippen MR) is 114 cm³/mol. The summed E-state index contributed by atoms with van der Waals surface area (Å²) in [7, 11) is 0. The Kier molecular flexibility index (Phi) is 5.80. The molecule has 3 heterocycles. The van der Waals surface area contributed by atoms with Gasteiger partial charge in [-0.2, -0.15) is 0 Å². The highest BCUT2D eigenvalue weighted by Crippen LogP contribution is 2.30. The fourth-order valence-electron chi connectivity index (χ4n) is 3.15. The third kappa shape index (κ3) is 4.29. The first-order valence-corrected chi connectivity index (χ1v) is 10.6. The van der Waals surface area contributed by atoms with E-state index in [1.165, 1.54) is 11.3 Å². The number of anilines is 1. The van der Waals surface area contributed by atoms with Crippen molar-refractivity contribution in [3.05, 3.63) is 63.7 Å². The minimum atomic E-state index is 0.0970. The molecule has 144 valence electrons. The van der Waals surface area contributed by atoms with Gasteiger partial charge in [0.05, 0.1) is 22.2 Å². The van der Waals surface area contributed by atoms with Crippen LogP contribution in [0.2, 0.25) is 10.0 Å². The molecule has 1 saturated heterocycles. The second kappa shape index (κ2) is 8.47. The number of carbonyl (C=O) groups excluding carboxylic acids is 1. The molecule has 1 aliphatic rings. The number of amides is 1. The molecule has 28 heavy (non-hydrogen) atoms. The third-order valence-electron chi connectivity index (χ3n) is 4.66. The Bertz CT molecular complexity index is 968. The molecular formula is C20H18Cl2N4OS. The predicted octanol–water partition coefficient (Wildman–Crippen LogP) is 4.40. The number of halogens is 2. The van der Waals surface area contributed by atoms with Crippen LogP contribution in [0.3, 0.4) is 0 Å². The number of pyridine rings is 1. The molecule has 0 N–H and O–H groups in total. The number of piperazine rings is 1. The van der Waals surface area contributed by atoms with Crippen LogP contribution in [0.1, 0.15) is 5.69 Å². The van der Waals surface area contributed by atoms with Gasteiger partial charge in [0, 0.05) is 43.3 Å². The second-order valence-electron chi connectivity index (χ2n) is 6.50. The Morgan fingerprint density at radius 2 is 1.86 bits per heavy atom. The van der Waals surface area contributed by atoms with Gasteiger partial charge in [-0.1, -0.05) is 41.4 Å². The Labute approximate surface area is 177 Å². The van der Waals surface area contributed by atoms with Gasteiger partial charge < -0.3 is 9.80 Å². The monoisotopic (exact) mass is 432 g/mol. The molecule has 5 nitrogen and oxygen atoms in total. The van der Waals surface area contributed by atoms with Gasteiger partial charge in [0.1, 0.15) is 10.8 Å². The Balaban J connectivity index is 1.35. The van der Waals surface area contributed by atoms with Crippen molar-refractivity contribution in [2.24, 2.45) is 0 Å². The molecule has 0 spiro atoms. The average molecular weight is 433 g/mol. The van der Waals surface area contributed by atoms with Gasteiger partial charge in [0.15, 0.2) is 0 Å². The van der Waals surface area contributed by atoms with Crippen molar-refractivity contribution in [1.29, 1.82) is 0 Å². The molecular weight excluding hydrogens is 415 g/mol. The van der Waals surface area contributed by atoms with Crippen LogP contribution in [0.5, 0.6) is 0 Å².